The number of fused-ring (bicyclic) bond motifs is 1. The second kappa shape index (κ2) is 8.11. The van der Waals surface area contributed by atoms with Crippen LogP contribution in [0, 0.1) is 13.8 Å². The van der Waals surface area contributed by atoms with Crippen molar-refractivity contribution in [2.24, 2.45) is 0 Å². The average Bonchev–Trinajstić information content (AvgIpc) is 3.20. The van der Waals surface area contributed by atoms with Gasteiger partial charge in [0, 0.05) is 17.0 Å². The Morgan fingerprint density at radius 3 is 2.67 bits per heavy atom. The average molecular weight is 422 g/mol. The Hall–Kier alpha value is -3.46. The van der Waals surface area contributed by atoms with Crippen LogP contribution in [0.5, 0.6) is 0 Å². The minimum atomic E-state index is -0.607. The highest BCUT2D eigenvalue weighted by Gasteiger charge is 2.18. The summed E-state index contributed by atoms with van der Waals surface area (Å²) in [6, 6.07) is 9.41. The third-order valence-corrected chi connectivity index (χ3v) is 5.30. The van der Waals surface area contributed by atoms with Gasteiger partial charge in [-0.05, 0) is 32.0 Å². The van der Waals surface area contributed by atoms with Gasteiger partial charge >= 0.3 is 5.97 Å². The van der Waals surface area contributed by atoms with Gasteiger partial charge in [-0.1, -0.05) is 29.5 Å². The fraction of sp³-hybridized carbons (Fsp3) is 0.190. The first-order chi connectivity index (χ1) is 14.4. The molecule has 3 aromatic heterocycles. The number of ether oxygens (including phenoxy) is 1. The molecule has 152 valence electrons. The number of nitrogens with zero attached hydrogens (tertiary/aromatic N) is 3. The van der Waals surface area contributed by atoms with Gasteiger partial charge in [0.15, 0.2) is 10.8 Å². The number of methoxy groups -OCH3 is 1. The lowest BCUT2D eigenvalue weighted by Gasteiger charge is -2.06. The summed E-state index contributed by atoms with van der Waals surface area (Å²) < 4.78 is 10.3. The molecule has 0 unspecified atom stereocenters. The van der Waals surface area contributed by atoms with Gasteiger partial charge in [-0.3, -0.25) is 4.79 Å². The Morgan fingerprint density at radius 1 is 1.17 bits per heavy atom. The number of nitrogens with one attached hydrogen (secondary N) is 1. The van der Waals surface area contributed by atoms with E-state index >= 15 is 0 Å². The Bertz CT molecular complexity index is 1290. The van der Waals surface area contributed by atoms with Gasteiger partial charge in [-0.25, -0.2) is 19.7 Å². The number of benzene rings is 1. The molecule has 1 N–H and O–H groups in total. The number of H-pyrrole nitrogens is 1. The van der Waals surface area contributed by atoms with E-state index in [1.165, 1.54) is 24.9 Å². The van der Waals surface area contributed by atoms with E-state index in [2.05, 4.69) is 19.9 Å². The fourth-order valence-corrected chi connectivity index (χ4v) is 3.66. The second-order valence-corrected chi connectivity index (χ2v) is 7.64. The maximum atomic E-state index is 12.6. The Kier molecular flexibility index (Phi) is 5.37. The summed E-state index contributed by atoms with van der Waals surface area (Å²) >= 11 is 1.29. The molecule has 0 saturated heterocycles. The van der Waals surface area contributed by atoms with E-state index in [-0.39, 0.29) is 16.6 Å². The largest absolute Gasteiger partial charge is 0.465 e. The zero-order valence-electron chi connectivity index (χ0n) is 16.6. The van der Waals surface area contributed by atoms with E-state index < -0.39 is 11.5 Å². The SMILES string of the molecule is COC(=O)c1cc(C)nc2nc(SCc3coc(-c4ccc(C)cc4)n3)[nH]c(=O)c12. The van der Waals surface area contributed by atoms with Crippen LogP contribution in [0.3, 0.4) is 0 Å². The molecule has 8 nitrogen and oxygen atoms in total. The zero-order chi connectivity index (χ0) is 21.3. The number of rotatable bonds is 5. The van der Waals surface area contributed by atoms with Crippen LogP contribution in [-0.2, 0) is 10.5 Å². The molecule has 4 rings (SSSR count). The van der Waals surface area contributed by atoms with Gasteiger partial charge in [0.1, 0.15) is 6.26 Å². The predicted octanol–water partition coefficient (Wildman–Crippen LogP) is 3.67. The van der Waals surface area contributed by atoms with Crippen molar-refractivity contribution >= 4 is 28.8 Å². The molecule has 0 aliphatic carbocycles. The molecule has 0 aliphatic heterocycles. The molecular weight excluding hydrogens is 404 g/mol. The maximum absolute atomic E-state index is 12.6. The zero-order valence-corrected chi connectivity index (χ0v) is 17.4. The van der Waals surface area contributed by atoms with Gasteiger partial charge in [-0.15, -0.1) is 0 Å². The molecule has 0 fully saturated rings. The van der Waals surface area contributed by atoms with Crippen LogP contribution in [0.25, 0.3) is 22.5 Å². The Labute approximate surface area is 175 Å². The first kappa shape index (κ1) is 19.8. The molecule has 30 heavy (non-hydrogen) atoms. The number of pyridine rings is 1. The molecule has 4 aromatic rings. The number of carbonyl (C=O) groups excluding carboxylic acids is 1. The van der Waals surface area contributed by atoms with Crippen molar-refractivity contribution in [3.05, 3.63) is 69.5 Å². The molecular formula is C21H18N4O4S. The fourth-order valence-electron chi connectivity index (χ4n) is 2.93. The third kappa shape index (κ3) is 3.97. The minimum Gasteiger partial charge on any atom is -0.465 e. The van der Waals surface area contributed by atoms with E-state index in [1.54, 1.807) is 13.2 Å². The molecule has 3 heterocycles. The van der Waals surface area contributed by atoms with E-state index in [4.69, 9.17) is 9.15 Å². The number of hydrogen-bond acceptors (Lipinski definition) is 8. The number of aromatic amines is 1. The smallest absolute Gasteiger partial charge is 0.338 e. The van der Waals surface area contributed by atoms with E-state index in [9.17, 15) is 9.59 Å². The van der Waals surface area contributed by atoms with Crippen molar-refractivity contribution < 1.29 is 13.9 Å². The summed E-state index contributed by atoms with van der Waals surface area (Å²) in [6.07, 6.45) is 1.58. The van der Waals surface area contributed by atoms with Gasteiger partial charge in [0.2, 0.25) is 5.89 Å². The Balaban J connectivity index is 1.58. The lowest BCUT2D eigenvalue weighted by atomic mass is 10.1. The molecule has 0 spiro atoms. The number of esters is 1. The highest BCUT2D eigenvalue weighted by atomic mass is 32.2. The summed E-state index contributed by atoms with van der Waals surface area (Å²) in [5.74, 6) is 0.370. The molecule has 0 saturated carbocycles. The number of hydrogen-bond donors (Lipinski definition) is 1. The highest BCUT2D eigenvalue weighted by molar-refractivity contribution is 7.98. The summed E-state index contributed by atoms with van der Waals surface area (Å²) in [4.78, 5) is 40.5. The minimum absolute atomic E-state index is 0.111. The van der Waals surface area contributed by atoms with Crippen LogP contribution < -0.4 is 5.56 Å². The maximum Gasteiger partial charge on any atom is 0.338 e. The van der Waals surface area contributed by atoms with Crippen LogP contribution >= 0.6 is 11.8 Å². The second-order valence-electron chi connectivity index (χ2n) is 6.67. The lowest BCUT2D eigenvalue weighted by Crippen LogP contribution is -2.16. The van der Waals surface area contributed by atoms with Crippen LogP contribution in [0.4, 0.5) is 0 Å². The standard InChI is InChI=1S/C21H18N4O4S/c1-11-4-6-13(7-5-11)19-23-14(9-29-19)10-30-21-24-17-16(18(26)25-21)15(20(27)28-3)8-12(2)22-17/h4-9H,10H2,1-3H3,(H,22,24,25,26). The van der Waals surface area contributed by atoms with Crippen LogP contribution in [0.15, 0.2) is 51.0 Å². The first-order valence-electron chi connectivity index (χ1n) is 9.09. The molecule has 0 aliphatic rings. The van der Waals surface area contributed by atoms with Crippen molar-refractivity contribution in [3.8, 4) is 11.5 Å². The monoisotopic (exact) mass is 422 g/mol. The number of aryl methyl sites for hydroxylation is 2. The van der Waals surface area contributed by atoms with Crippen LogP contribution in [-0.4, -0.2) is 33.0 Å². The topological polar surface area (TPSA) is 111 Å². The lowest BCUT2D eigenvalue weighted by molar-refractivity contribution is 0.0602. The van der Waals surface area contributed by atoms with Gasteiger partial charge in [0.25, 0.3) is 5.56 Å². The molecule has 0 bridgehead atoms. The number of carbonyl (C=O) groups is 1. The number of aromatic nitrogens is 4. The van der Waals surface area contributed by atoms with E-state index in [0.717, 1.165) is 11.1 Å². The first-order valence-corrected chi connectivity index (χ1v) is 10.1. The van der Waals surface area contributed by atoms with E-state index in [1.807, 2.05) is 31.2 Å². The van der Waals surface area contributed by atoms with Crippen molar-refractivity contribution in [1.29, 1.82) is 0 Å². The van der Waals surface area contributed by atoms with Crippen LogP contribution in [0.1, 0.15) is 27.3 Å². The van der Waals surface area contributed by atoms with Crippen molar-refractivity contribution in [3.63, 3.8) is 0 Å². The molecule has 0 atom stereocenters. The Morgan fingerprint density at radius 2 is 1.93 bits per heavy atom. The normalized spacial score (nSPS) is 11.0. The predicted molar refractivity (Wildman–Crippen MR) is 112 cm³/mol. The van der Waals surface area contributed by atoms with Crippen LogP contribution in [0.2, 0.25) is 0 Å². The van der Waals surface area contributed by atoms with Crippen molar-refractivity contribution in [2.75, 3.05) is 7.11 Å². The van der Waals surface area contributed by atoms with Gasteiger partial charge in [0.05, 0.1) is 23.8 Å². The molecule has 1 aromatic carbocycles. The summed E-state index contributed by atoms with van der Waals surface area (Å²) in [7, 11) is 1.26. The van der Waals surface area contributed by atoms with Crippen molar-refractivity contribution in [1.82, 2.24) is 19.9 Å². The highest BCUT2D eigenvalue weighted by Crippen LogP contribution is 2.24. The summed E-state index contributed by atoms with van der Waals surface area (Å²) in [5.41, 5.74) is 3.22. The van der Waals surface area contributed by atoms with Crippen molar-refractivity contribution in [2.45, 2.75) is 24.8 Å². The van der Waals surface area contributed by atoms with Gasteiger partial charge in [-0.2, -0.15) is 0 Å². The van der Waals surface area contributed by atoms with Gasteiger partial charge < -0.3 is 14.1 Å². The number of thioether (sulfide) groups is 1. The number of oxazole rings is 1. The molecule has 9 heteroatoms. The molecule has 0 radical (unpaired) electrons. The molecule has 0 amide bonds. The third-order valence-electron chi connectivity index (χ3n) is 4.40. The quantitative estimate of drug-likeness (QED) is 0.295. The summed E-state index contributed by atoms with van der Waals surface area (Å²) in [5, 5.41) is 0.487. The van der Waals surface area contributed by atoms with E-state index in [0.29, 0.717) is 28.2 Å². The summed E-state index contributed by atoms with van der Waals surface area (Å²) in [6.45, 7) is 3.74.